The smallest absolute Gasteiger partial charge is 0.319 e. The number of hydrogen-bond donors (Lipinski definition) is 1. The molecule has 0 saturated carbocycles. The zero-order valence-corrected chi connectivity index (χ0v) is 10.9. The van der Waals surface area contributed by atoms with Crippen molar-refractivity contribution in [2.45, 2.75) is 13.5 Å². The molecule has 0 unspecified atom stereocenters. The molecule has 5 heteroatoms. The number of aromatic nitrogens is 2. The van der Waals surface area contributed by atoms with Crippen molar-refractivity contribution in [3.8, 4) is 0 Å². The van der Waals surface area contributed by atoms with Crippen molar-refractivity contribution >= 4 is 17.0 Å². The molecule has 0 aliphatic rings. The third-order valence-corrected chi connectivity index (χ3v) is 2.74. The van der Waals surface area contributed by atoms with Gasteiger partial charge < -0.3 is 9.72 Å². The first-order valence-corrected chi connectivity index (χ1v) is 5.79. The average molecular weight is 247 g/mol. The van der Waals surface area contributed by atoms with Crippen LogP contribution in [-0.4, -0.2) is 41.5 Å². The van der Waals surface area contributed by atoms with Crippen LogP contribution in [0.5, 0.6) is 0 Å². The van der Waals surface area contributed by atoms with Gasteiger partial charge in [0.25, 0.3) is 0 Å². The first-order valence-electron chi connectivity index (χ1n) is 5.79. The molecule has 0 aliphatic carbocycles. The van der Waals surface area contributed by atoms with Gasteiger partial charge >= 0.3 is 5.97 Å². The number of H-pyrrole nitrogens is 1. The van der Waals surface area contributed by atoms with Crippen molar-refractivity contribution in [2.24, 2.45) is 0 Å². The third-order valence-electron chi connectivity index (χ3n) is 2.74. The summed E-state index contributed by atoms with van der Waals surface area (Å²) in [4.78, 5) is 20.6. The van der Waals surface area contributed by atoms with Crippen LogP contribution in [0.15, 0.2) is 18.2 Å². The van der Waals surface area contributed by atoms with E-state index in [9.17, 15) is 4.79 Å². The second kappa shape index (κ2) is 5.18. The maximum Gasteiger partial charge on any atom is 0.319 e. The van der Waals surface area contributed by atoms with Crippen molar-refractivity contribution in [3.05, 3.63) is 29.6 Å². The maximum atomic E-state index is 11.1. The number of nitrogens with zero attached hydrogens (tertiary/aromatic N) is 2. The van der Waals surface area contributed by atoms with E-state index in [1.165, 1.54) is 7.11 Å². The number of benzene rings is 1. The van der Waals surface area contributed by atoms with E-state index in [0.29, 0.717) is 6.54 Å². The predicted octanol–water partition coefficient (Wildman–Crippen LogP) is 1.48. The van der Waals surface area contributed by atoms with Gasteiger partial charge in [-0.25, -0.2) is 4.98 Å². The number of aryl methyl sites for hydroxylation is 1. The number of aromatic amines is 1. The Labute approximate surface area is 106 Å². The normalized spacial score (nSPS) is 11.1. The number of methoxy groups -OCH3 is 1. The van der Waals surface area contributed by atoms with Crippen LogP contribution in [0.4, 0.5) is 0 Å². The molecule has 5 nitrogen and oxygen atoms in total. The highest BCUT2D eigenvalue weighted by atomic mass is 16.5. The Bertz CT molecular complexity index is 562. The molecule has 1 heterocycles. The van der Waals surface area contributed by atoms with E-state index in [1.807, 2.05) is 31.0 Å². The van der Waals surface area contributed by atoms with E-state index in [1.54, 1.807) is 0 Å². The number of hydrogen-bond acceptors (Lipinski definition) is 4. The van der Waals surface area contributed by atoms with E-state index in [4.69, 9.17) is 0 Å². The Morgan fingerprint density at radius 2 is 2.28 bits per heavy atom. The van der Waals surface area contributed by atoms with Crippen LogP contribution in [0.1, 0.15) is 11.4 Å². The molecule has 2 aromatic rings. The molecule has 0 spiro atoms. The van der Waals surface area contributed by atoms with Crippen molar-refractivity contribution in [2.75, 3.05) is 20.7 Å². The Balaban J connectivity index is 2.09. The topological polar surface area (TPSA) is 58.2 Å². The SMILES string of the molecule is COC(=O)CN(C)Cc1ccc2nc(C)[nH]c2c1. The summed E-state index contributed by atoms with van der Waals surface area (Å²) in [5.41, 5.74) is 3.13. The quantitative estimate of drug-likeness (QED) is 0.831. The molecule has 18 heavy (non-hydrogen) atoms. The summed E-state index contributed by atoms with van der Waals surface area (Å²) in [6.45, 7) is 2.92. The number of carbonyl (C=O) groups is 1. The van der Waals surface area contributed by atoms with Crippen molar-refractivity contribution in [1.82, 2.24) is 14.9 Å². The lowest BCUT2D eigenvalue weighted by atomic mass is 10.2. The number of imidazole rings is 1. The summed E-state index contributed by atoms with van der Waals surface area (Å²) in [6.07, 6.45) is 0. The van der Waals surface area contributed by atoms with Gasteiger partial charge in [0.15, 0.2) is 0 Å². The van der Waals surface area contributed by atoms with Crippen LogP contribution in [0.25, 0.3) is 11.0 Å². The molecule has 0 saturated heterocycles. The average Bonchev–Trinajstić information content (AvgIpc) is 2.68. The largest absolute Gasteiger partial charge is 0.468 e. The lowest BCUT2D eigenvalue weighted by molar-refractivity contribution is -0.141. The molecule has 1 N–H and O–H groups in total. The molecule has 0 atom stereocenters. The standard InChI is InChI=1S/C13H17N3O2/c1-9-14-11-5-4-10(6-12(11)15-9)7-16(2)8-13(17)18-3/h4-6H,7-8H2,1-3H3,(H,14,15). The number of rotatable bonds is 4. The summed E-state index contributed by atoms with van der Waals surface area (Å²) in [6, 6.07) is 6.07. The minimum Gasteiger partial charge on any atom is -0.468 e. The number of nitrogens with one attached hydrogen (secondary N) is 1. The summed E-state index contributed by atoms with van der Waals surface area (Å²) in [7, 11) is 3.29. The molecule has 0 radical (unpaired) electrons. The minimum absolute atomic E-state index is 0.226. The summed E-state index contributed by atoms with van der Waals surface area (Å²) < 4.78 is 4.64. The van der Waals surface area contributed by atoms with Gasteiger partial charge in [-0.1, -0.05) is 6.07 Å². The summed E-state index contributed by atoms with van der Waals surface area (Å²) in [5, 5.41) is 0. The summed E-state index contributed by atoms with van der Waals surface area (Å²) in [5.74, 6) is 0.682. The van der Waals surface area contributed by atoms with E-state index < -0.39 is 0 Å². The van der Waals surface area contributed by atoms with Crippen LogP contribution in [0, 0.1) is 6.92 Å². The first kappa shape index (κ1) is 12.6. The highest BCUT2D eigenvalue weighted by molar-refractivity contribution is 5.75. The third kappa shape index (κ3) is 2.87. The zero-order valence-electron chi connectivity index (χ0n) is 10.9. The van der Waals surface area contributed by atoms with Crippen LogP contribution < -0.4 is 0 Å². The highest BCUT2D eigenvalue weighted by Gasteiger charge is 2.08. The number of ether oxygens (including phenoxy) is 1. The Hall–Kier alpha value is -1.88. The monoisotopic (exact) mass is 247 g/mol. The van der Waals surface area contributed by atoms with Gasteiger partial charge in [-0.05, 0) is 31.7 Å². The van der Waals surface area contributed by atoms with E-state index in [2.05, 4.69) is 20.8 Å². The van der Waals surface area contributed by atoms with Gasteiger partial charge in [0.1, 0.15) is 5.82 Å². The predicted molar refractivity (Wildman–Crippen MR) is 69.2 cm³/mol. The number of esters is 1. The molecular formula is C13H17N3O2. The molecule has 1 aromatic carbocycles. The lowest BCUT2D eigenvalue weighted by Gasteiger charge is -2.14. The zero-order chi connectivity index (χ0) is 13.1. The molecule has 0 bridgehead atoms. The maximum absolute atomic E-state index is 11.1. The first-order chi connectivity index (χ1) is 8.58. The lowest BCUT2D eigenvalue weighted by Crippen LogP contribution is -2.26. The van der Waals surface area contributed by atoms with E-state index in [-0.39, 0.29) is 12.5 Å². The van der Waals surface area contributed by atoms with Gasteiger partial charge in [0.05, 0.1) is 24.7 Å². The van der Waals surface area contributed by atoms with Gasteiger partial charge in [-0.3, -0.25) is 9.69 Å². The highest BCUT2D eigenvalue weighted by Crippen LogP contribution is 2.14. The van der Waals surface area contributed by atoms with Crippen LogP contribution in [0.3, 0.4) is 0 Å². The summed E-state index contributed by atoms with van der Waals surface area (Å²) >= 11 is 0. The molecule has 1 aromatic heterocycles. The van der Waals surface area contributed by atoms with Crippen molar-refractivity contribution < 1.29 is 9.53 Å². The Morgan fingerprint density at radius 3 is 3.00 bits per heavy atom. The van der Waals surface area contributed by atoms with Gasteiger partial charge in [0.2, 0.25) is 0 Å². The van der Waals surface area contributed by atoms with Crippen LogP contribution >= 0.6 is 0 Å². The molecule has 0 aliphatic heterocycles. The van der Waals surface area contributed by atoms with Crippen LogP contribution in [0.2, 0.25) is 0 Å². The second-order valence-electron chi connectivity index (χ2n) is 4.42. The molecule has 2 rings (SSSR count). The van der Waals surface area contributed by atoms with Crippen molar-refractivity contribution in [3.63, 3.8) is 0 Å². The fourth-order valence-corrected chi connectivity index (χ4v) is 1.94. The van der Waals surface area contributed by atoms with E-state index in [0.717, 1.165) is 22.4 Å². The minimum atomic E-state index is -0.226. The molecule has 0 amide bonds. The Kier molecular flexibility index (Phi) is 3.62. The number of carbonyl (C=O) groups excluding carboxylic acids is 1. The molecular weight excluding hydrogens is 230 g/mol. The van der Waals surface area contributed by atoms with E-state index >= 15 is 0 Å². The van der Waals surface area contributed by atoms with Crippen LogP contribution in [-0.2, 0) is 16.1 Å². The molecule has 96 valence electrons. The van der Waals surface area contributed by atoms with Crippen molar-refractivity contribution in [1.29, 1.82) is 0 Å². The fraction of sp³-hybridized carbons (Fsp3) is 0.385. The van der Waals surface area contributed by atoms with Gasteiger partial charge in [-0.15, -0.1) is 0 Å². The second-order valence-corrected chi connectivity index (χ2v) is 4.42. The Morgan fingerprint density at radius 1 is 1.50 bits per heavy atom. The molecule has 0 fully saturated rings. The fourth-order valence-electron chi connectivity index (χ4n) is 1.94. The number of likely N-dealkylation sites (N-methyl/N-ethyl adjacent to an activating group) is 1. The number of fused-ring (bicyclic) bond motifs is 1. The van der Waals surface area contributed by atoms with Gasteiger partial charge in [0, 0.05) is 6.54 Å². The van der Waals surface area contributed by atoms with Gasteiger partial charge in [-0.2, -0.15) is 0 Å².